The highest BCUT2D eigenvalue weighted by Crippen LogP contribution is 2.25. The molecule has 1 rings (SSSR count). The molecule has 0 saturated carbocycles. The van der Waals surface area contributed by atoms with Crippen molar-refractivity contribution in [1.82, 2.24) is 4.98 Å². The molecule has 0 aliphatic carbocycles. The van der Waals surface area contributed by atoms with E-state index in [1.54, 1.807) is 6.92 Å². The number of nitrogens with zero attached hydrogens (tertiary/aromatic N) is 2. The molecule has 1 heterocycles. The molecule has 0 aliphatic heterocycles. The zero-order chi connectivity index (χ0) is 11.4. The first kappa shape index (κ1) is 12.0. The average molecular weight is 228 g/mol. The molecule has 0 fully saturated rings. The lowest BCUT2D eigenvalue weighted by Crippen LogP contribution is -2.23. The normalized spacial score (nSPS) is 10.3. The Kier molecular flexibility index (Phi) is 4.08. The molecular weight excluding hydrogens is 212 g/mol. The number of thiazole rings is 1. The second kappa shape index (κ2) is 5.11. The van der Waals surface area contributed by atoms with Crippen LogP contribution in [0.15, 0.2) is 0 Å². The SMILES string of the molecule is CCCN(CC)c1nc(C(=O)O)c(C)s1. The molecular formula is C10H16N2O2S. The highest BCUT2D eigenvalue weighted by molar-refractivity contribution is 7.15. The zero-order valence-electron chi connectivity index (χ0n) is 9.28. The minimum Gasteiger partial charge on any atom is -0.476 e. The lowest BCUT2D eigenvalue weighted by molar-refractivity contribution is 0.0690. The Bertz CT molecular complexity index is 349. The number of aromatic nitrogens is 1. The first-order valence-electron chi connectivity index (χ1n) is 5.05. The summed E-state index contributed by atoms with van der Waals surface area (Å²) < 4.78 is 0. The van der Waals surface area contributed by atoms with Gasteiger partial charge in [-0.1, -0.05) is 6.92 Å². The lowest BCUT2D eigenvalue weighted by Gasteiger charge is -2.18. The molecule has 84 valence electrons. The van der Waals surface area contributed by atoms with E-state index in [0.29, 0.717) is 0 Å². The van der Waals surface area contributed by atoms with Gasteiger partial charge >= 0.3 is 5.97 Å². The summed E-state index contributed by atoms with van der Waals surface area (Å²) in [4.78, 5) is 17.8. The largest absolute Gasteiger partial charge is 0.476 e. The van der Waals surface area contributed by atoms with Crippen molar-refractivity contribution in [2.75, 3.05) is 18.0 Å². The minimum absolute atomic E-state index is 0.185. The third-order valence-electron chi connectivity index (χ3n) is 2.13. The van der Waals surface area contributed by atoms with Crippen LogP contribution in [0.25, 0.3) is 0 Å². The van der Waals surface area contributed by atoms with Gasteiger partial charge in [-0.3, -0.25) is 0 Å². The third-order valence-corrected chi connectivity index (χ3v) is 3.17. The molecule has 0 saturated heterocycles. The number of aryl methyl sites for hydroxylation is 1. The van der Waals surface area contributed by atoms with E-state index in [9.17, 15) is 4.79 Å². The van der Waals surface area contributed by atoms with Crippen LogP contribution in [0.3, 0.4) is 0 Å². The van der Waals surface area contributed by atoms with Crippen molar-refractivity contribution in [1.29, 1.82) is 0 Å². The van der Waals surface area contributed by atoms with Crippen molar-refractivity contribution in [2.45, 2.75) is 27.2 Å². The summed E-state index contributed by atoms with van der Waals surface area (Å²) in [5.41, 5.74) is 0.185. The van der Waals surface area contributed by atoms with E-state index in [1.807, 2.05) is 6.92 Å². The third kappa shape index (κ3) is 2.68. The first-order chi connectivity index (χ1) is 7.10. The van der Waals surface area contributed by atoms with Crippen molar-refractivity contribution in [2.24, 2.45) is 0 Å². The molecule has 0 atom stereocenters. The fourth-order valence-electron chi connectivity index (χ4n) is 1.38. The molecule has 1 N–H and O–H groups in total. The highest BCUT2D eigenvalue weighted by atomic mass is 32.1. The van der Waals surface area contributed by atoms with E-state index in [2.05, 4.69) is 16.8 Å². The Balaban J connectivity index is 2.94. The van der Waals surface area contributed by atoms with Crippen LogP contribution in [-0.2, 0) is 0 Å². The van der Waals surface area contributed by atoms with Crippen LogP contribution in [0.5, 0.6) is 0 Å². The van der Waals surface area contributed by atoms with Gasteiger partial charge in [-0.25, -0.2) is 9.78 Å². The van der Waals surface area contributed by atoms with Crippen LogP contribution in [0.1, 0.15) is 35.6 Å². The predicted molar refractivity (Wildman–Crippen MR) is 62.0 cm³/mol. The van der Waals surface area contributed by atoms with Gasteiger partial charge in [-0.05, 0) is 20.3 Å². The number of aromatic carboxylic acids is 1. The quantitative estimate of drug-likeness (QED) is 0.840. The molecule has 0 spiro atoms. The maximum absolute atomic E-state index is 10.8. The number of anilines is 1. The van der Waals surface area contributed by atoms with Gasteiger partial charge in [-0.15, -0.1) is 11.3 Å². The van der Waals surface area contributed by atoms with Crippen molar-refractivity contribution >= 4 is 22.4 Å². The van der Waals surface area contributed by atoms with Crippen molar-refractivity contribution in [3.05, 3.63) is 10.6 Å². The first-order valence-corrected chi connectivity index (χ1v) is 5.87. The standard InChI is InChI=1S/C10H16N2O2S/c1-4-6-12(5-2)10-11-8(9(13)14)7(3)15-10/h4-6H2,1-3H3,(H,13,14). The predicted octanol–water partition coefficient (Wildman–Crippen LogP) is 2.39. The van der Waals surface area contributed by atoms with Gasteiger partial charge in [0, 0.05) is 18.0 Å². The number of carboxylic acid groups (broad SMARTS) is 1. The van der Waals surface area contributed by atoms with E-state index in [-0.39, 0.29) is 5.69 Å². The van der Waals surface area contributed by atoms with E-state index in [0.717, 1.165) is 29.5 Å². The second-order valence-corrected chi connectivity index (χ2v) is 4.47. The molecule has 5 heteroatoms. The number of carboxylic acids is 1. The fraction of sp³-hybridized carbons (Fsp3) is 0.600. The zero-order valence-corrected chi connectivity index (χ0v) is 10.1. The Labute approximate surface area is 93.6 Å². The summed E-state index contributed by atoms with van der Waals surface area (Å²) in [6.45, 7) is 7.72. The summed E-state index contributed by atoms with van der Waals surface area (Å²) in [6.07, 6.45) is 1.04. The topological polar surface area (TPSA) is 53.4 Å². The number of hydrogen-bond acceptors (Lipinski definition) is 4. The molecule has 4 nitrogen and oxygen atoms in total. The summed E-state index contributed by atoms with van der Waals surface area (Å²) in [5, 5.41) is 9.70. The summed E-state index contributed by atoms with van der Waals surface area (Å²) >= 11 is 1.45. The maximum atomic E-state index is 10.8. The van der Waals surface area contributed by atoms with Crippen LogP contribution in [0.4, 0.5) is 5.13 Å². The van der Waals surface area contributed by atoms with Gasteiger partial charge in [0.2, 0.25) is 0 Å². The van der Waals surface area contributed by atoms with Crippen molar-refractivity contribution in [3.8, 4) is 0 Å². The van der Waals surface area contributed by atoms with E-state index in [4.69, 9.17) is 5.11 Å². The Morgan fingerprint density at radius 3 is 2.60 bits per heavy atom. The Morgan fingerprint density at radius 1 is 1.53 bits per heavy atom. The molecule has 15 heavy (non-hydrogen) atoms. The Hall–Kier alpha value is -1.10. The number of carbonyl (C=O) groups is 1. The van der Waals surface area contributed by atoms with E-state index < -0.39 is 5.97 Å². The van der Waals surface area contributed by atoms with Crippen LogP contribution < -0.4 is 4.90 Å². The lowest BCUT2D eigenvalue weighted by atomic mass is 10.4. The van der Waals surface area contributed by atoms with E-state index >= 15 is 0 Å². The Morgan fingerprint density at radius 2 is 2.20 bits per heavy atom. The van der Waals surface area contributed by atoms with Gasteiger partial charge in [0.1, 0.15) is 0 Å². The van der Waals surface area contributed by atoms with Gasteiger partial charge in [0.05, 0.1) is 0 Å². The van der Waals surface area contributed by atoms with E-state index in [1.165, 1.54) is 11.3 Å². The van der Waals surface area contributed by atoms with Gasteiger partial charge in [0.25, 0.3) is 0 Å². The van der Waals surface area contributed by atoms with Crippen molar-refractivity contribution < 1.29 is 9.90 Å². The molecule has 1 aromatic heterocycles. The maximum Gasteiger partial charge on any atom is 0.355 e. The van der Waals surface area contributed by atoms with Gasteiger partial charge in [0.15, 0.2) is 10.8 Å². The molecule has 0 unspecified atom stereocenters. The molecule has 0 amide bonds. The average Bonchev–Trinajstić information content (AvgIpc) is 2.56. The van der Waals surface area contributed by atoms with Crippen molar-refractivity contribution in [3.63, 3.8) is 0 Å². The highest BCUT2D eigenvalue weighted by Gasteiger charge is 2.16. The molecule has 0 aliphatic rings. The molecule has 0 aromatic carbocycles. The summed E-state index contributed by atoms with van der Waals surface area (Å²) in [6, 6.07) is 0. The van der Waals surface area contributed by atoms with Gasteiger partial charge < -0.3 is 10.0 Å². The monoisotopic (exact) mass is 228 g/mol. The molecule has 0 radical (unpaired) electrons. The second-order valence-electron chi connectivity index (χ2n) is 3.29. The van der Waals surface area contributed by atoms with Crippen LogP contribution in [0, 0.1) is 6.92 Å². The fourth-order valence-corrected chi connectivity index (χ4v) is 2.36. The van der Waals surface area contributed by atoms with Gasteiger partial charge in [-0.2, -0.15) is 0 Å². The number of rotatable bonds is 5. The number of hydrogen-bond donors (Lipinski definition) is 1. The van der Waals surface area contributed by atoms with Crippen LogP contribution in [-0.4, -0.2) is 29.1 Å². The minimum atomic E-state index is -0.942. The molecule has 0 bridgehead atoms. The molecule has 1 aromatic rings. The summed E-state index contributed by atoms with van der Waals surface area (Å²) in [5.74, 6) is -0.942. The van der Waals surface area contributed by atoms with Crippen LogP contribution >= 0.6 is 11.3 Å². The summed E-state index contributed by atoms with van der Waals surface area (Å²) in [7, 11) is 0. The van der Waals surface area contributed by atoms with Crippen LogP contribution in [0.2, 0.25) is 0 Å². The smallest absolute Gasteiger partial charge is 0.355 e.